The molecule has 0 aliphatic carbocycles. The number of nitrogens with zero attached hydrogens (tertiary/aromatic N) is 1. The van der Waals surface area contributed by atoms with Crippen molar-refractivity contribution in [3.05, 3.63) is 71.8 Å². The molecule has 2 N–H and O–H groups in total. The third kappa shape index (κ3) is 4.36. The van der Waals surface area contributed by atoms with Crippen molar-refractivity contribution in [1.29, 1.82) is 5.53 Å². The van der Waals surface area contributed by atoms with E-state index >= 15 is 0 Å². The van der Waals surface area contributed by atoms with Crippen LogP contribution >= 0.6 is 0 Å². The van der Waals surface area contributed by atoms with Crippen LogP contribution < -0.4 is 5.32 Å². The fraction of sp³-hybridized carbons (Fsp3) is 0.190. The van der Waals surface area contributed by atoms with Crippen LogP contribution in [-0.4, -0.2) is 19.0 Å². The van der Waals surface area contributed by atoms with Crippen molar-refractivity contribution >= 4 is 16.7 Å². The molecule has 3 rings (SSSR count). The lowest BCUT2D eigenvalue weighted by Crippen LogP contribution is -2.24. The topological polar surface area (TPSA) is 65.3 Å². The standard InChI is InChI=1S/C21H18F3N3O/c22-21(23,24)17-8-5-14(6-9-17)18-4-1-3-15-13-16(7-10-19(15)18)20(28)26-11-2-12-27-25/h1,3-10,13,25H,2,11-12H2,(H,26,28). The van der Waals surface area contributed by atoms with Gasteiger partial charge in [0.15, 0.2) is 0 Å². The van der Waals surface area contributed by atoms with Gasteiger partial charge in [-0.2, -0.15) is 18.3 Å². The zero-order valence-corrected chi connectivity index (χ0v) is 14.9. The van der Waals surface area contributed by atoms with Gasteiger partial charge in [-0.05, 0) is 52.6 Å². The maximum atomic E-state index is 12.8. The fourth-order valence-corrected chi connectivity index (χ4v) is 2.98. The Labute approximate surface area is 159 Å². The molecule has 0 bridgehead atoms. The number of alkyl halides is 3. The van der Waals surface area contributed by atoms with E-state index in [1.807, 2.05) is 18.2 Å². The predicted octanol–water partition coefficient (Wildman–Crippen LogP) is 5.68. The second-order valence-electron chi connectivity index (χ2n) is 6.31. The molecular formula is C21H18F3N3O. The van der Waals surface area contributed by atoms with Crippen molar-refractivity contribution in [3.8, 4) is 11.1 Å². The van der Waals surface area contributed by atoms with Crippen LogP contribution in [0.15, 0.2) is 65.8 Å². The SMILES string of the molecule is N=NCCCNC(=O)c1ccc2c(-c3ccc(C(F)(F)F)cc3)cccc2c1. The van der Waals surface area contributed by atoms with E-state index in [9.17, 15) is 18.0 Å². The number of benzene rings is 3. The highest BCUT2D eigenvalue weighted by Crippen LogP contribution is 2.33. The summed E-state index contributed by atoms with van der Waals surface area (Å²) in [6.45, 7) is 0.805. The Morgan fingerprint density at radius 1 is 1.04 bits per heavy atom. The van der Waals surface area contributed by atoms with Crippen molar-refractivity contribution in [3.63, 3.8) is 0 Å². The van der Waals surface area contributed by atoms with Crippen LogP contribution in [-0.2, 0) is 6.18 Å². The van der Waals surface area contributed by atoms with Gasteiger partial charge in [0.1, 0.15) is 0 Å². The maximum Gasteiger partial charge on any atom is 0.416 e. The van der Waals surface area contributed by atoms with Crippen LogP contribution in [0.5, 0.6) is 0 Å². The largest absolute Gasteiger partial charge is 0.416 e. The monoisotopic (exact) mass is 385 g/mol. The third-order valence-corrected chi connectivity index (χ3v) is 4.40. The first-order valence-corrected chi connectivity index (χ1v) is 8.72. The number of amides is 1. The molecule has 0 aliphatic heterocycles. The van der Waals surface area contributed by atoms with Gasteiger partial charge in [0.2, 0.25) is 0 Å². The van der Waals surface area contributed by atoms with E-state index in [-0.39, 0.29) is 5.91 Å². The van der Waals surface area contributed by atoms with Crippen molar-refractivity contribution in [2.45, 2.75) is 12.6 Å². The first kappa shape index (κ1) is 19.5. The first-order chi connectivity index (χ1) is 13.4. The molecule has 1 amide bonds. The van der Waals surface area contributed by atoms with Gasteiger partial charge >= 0.3 is 6.18 Å². The van der Waals surface area contributed by atoms with Gasteiger partial charge < -0.3 is 5.32 Å². The molecule has 0 heterocycles. The highest BCUT2D eigenvalue weighted by Gasteiger charge is 2.30. The van der Waals surface area contributed by atoms with Gasteiger partial charge in [-0.15, -0.1) is 0 Å². The van der Waals surface area contributed by atoms with Gasteiger partial charge in [-0.3, -0.25) is 4.79 Å². The molecule has 0 atom stereocenters. The smallest absolute Gasteiger partial charge is 0.352 e. The van der Waals surface area contributed by atoms with E-state index in [2.05, 4.69) is 10.4 Å². The van der Waals surface area contributed by atoms with Crippen molar-refractivity contribution < 1.29 is 18.0 Å². The number of carbonyl (C=O) groups is 1. The van der Waals surface area contributed by atoms with Gasteiger partial charge in [0, 0.05) is 12.1 Å². The van der Waals surface area contributed by atoms with E-state index < -0.39 is 11.7 Å². The number of halogens is 3. The van der Waals surface area contributed by atoms with Crippen molar-refractivity contribution in [2.75, 3.05) is 13.1 Å². The average molecular weight is 385 g/mol. The van der Waals surface area contributed by atoms with Gasteiger partial charge in [-0.1, -0.05) is 36.4 Å². The predicted molar refractivity (Wildman–Crippen MR) is 101 cm³/mol. The van der Waals surface area contributed by atoms with E-state index in [4.69, 9.17) is 5.53 Å². The number of rotatable bonds is 6. The molecule has 144 valence electrons. The summed E-state index contributed by atoms with van der Waals surface area (Å²) in [5.41, 5.74) is 8.02. The van der Waals surface area contributed by atoms with Crippen molar-refractivity contribution in [2.24, 2.45) is 5.11 Å². The lowest BCUT2D eigenvalue weighted by Gasteiger charge is -2.11. The molecule has 0 unspecified atom stereocenters. The van der Waals surface area contributed by atoms with Gasteiger partial charge in [0.25, 0.3) is 5.91 Å². The van der Waals surface area contributed by atoms with Gasteiger partial charge in [0.05, 0.1) is 12.1 Å². The summed E-state index contributed by atoms with van der Waals surface area (Å²) in [6.07, 6.45) is -3.77. The zero-order chi connectivity index (χ0) is 20.1. The van der Waals surface area contributed by atoms with Crippen LogP contribution in [0.1, 0.15) is 22.3 Å². The molecular weight excluding hydrogens is 367 g/mol. The second-order valence-corrected chi connectivity index (χ2v) is 6.31. The minimum absolute atomic E-state index is 0.216. The normalized spacial score (nSPS) is 11.4. The number of nitrogens with one attached hydrogen (secondary N) is 2. The highest BCUT2D eigenvalue weighted by atomic mass is 19.4. The molecule has 0 fully saturated rings. The van der Waals surface area contributed by atoms with Crippen LogP contribution in [0.2, 0.25) is 0 Å². The minimum Gasteiger partial charge on any atom is -0.352 e. The number of carbonyl (C=O) groups excluding carboxylic acids is 1. The van der Waals surface area contributed by atoms with Crippen LogP contribution in [0, 0.1) is 5.53 Å². The summed E-state index contributed by atoms with van der Waals surface area (Å²) in [7, 11) is 0. The zero-order valence-electron chi connectivity index (χ0n) is 14.9. The molecule has 0 spiro atoms. The Bertz CT molecular complexity index is 998. The Morgan fingerprint density at radius 2 is 1.79 bits per heavy atom. The maximum absolute atomic E-state index is 12.8. The summed E-state index contributed by atoms with van der Waals surface area (Å²) in [6, 6.07) is 15.8. The lowest BCUT2D eigenvalue weighted by molar-refractivity contribution is -0.137. The van der Waals surface area contributed by atoms with E-state index in [0.717, 1.165) is 28.5 Å². The second kappa shape index (κ2) is 8.21. The summed E-state index contributed by atoms with van der Waals surface area (Å²) < 4.78 is 38.3. The van der Waals surface area contributed by atoms with E-state index in [0.29, 0.717) is 30.6 Å². The Hall–Kier alpha value is -3.22. The molecule has 28 heavy (non-hydrogen) atoms. The molecule has 3 aromatic rings. The molecule has 0 aliphatic rings. The Morgan fingerprint density at radius 3 is 2.46 bits per heavy atom. The summed E-state index contributed by atoms with van der Waals surface area (Å²) in [5.74, 6) is -0.216. The van der Waals surface area contributed by atoms with E-state index in [1.165, 1.54) is 12.1 Å². The molecule has 0 radical (unpaired) electrons. The summed E-state index contributed by atoms with van der Waals surface area (Å²) in [4.78, 5) is 12.2. The van der Waals surface area contributed by atoms with Crippen LogP contribution in [0.25, 0.3) is 21.9 Å². The van der Waals surface area contributed by atoms with Crippen molar-refractivity contribution in [1.82, 2.24) is 5.32 Å². The highest BCUT2D eigenvalue weighted by molar-refractivity contribution is 6.02. The quantitative estimate of drug-likeness (QED) is 0.416. The number of fused-ring (bicyclic) bond motifs is 1. The molecule has 7 heteroatoms. The Kier molecular flexibility index (Phi) is 5.73. The first-order valence-electron chi connectivity index (χ1n) is 8.72. The molecule has 0 aromatic heterocycles. The summed E-state index contributed by atoms with van der Waals surface area (Å²) in [5, 5.41) is 7.69. The minimum atomic E-state index is -4.37. The summed E-state index contributed by atoms with van der Waals surface area (Å²) >= 11 is 0. The van der Waals surface area contributed by atoms with Crippen LogP contribution in [0.4, 0.5) is 13.2 Å². The van der Waals surface area contributed by atoms with Gasteiger partial charge in [-0.25, -0.2) is 5.53 Å². The average Bonchev–Trinajstić information content (AvgIpc) is 2.69. The Balaban J connectivity index is 1.87. The number of hydrogen-bond acceptors (Lipinski definition) is 3. The molecule has 4 nitrogen and oxygen atoms in total. The van der Waals surface area contributed by atoms with E-state index in [1.54, 1.807) is 18.2 Å². The lowest BCUT2D eigenvalue weighted by atomic mass is 9.96. The molecule has 0 saturated carbocycles. The molecule has 3 aromatic carbocycles. The molecule has 0 saturated heterocycles. The van der Waals surface area contributed by atoms with Crippen LogP contribution in [0.3, 0.4) is 0 Å². The third-order valence-electron chi connectivity index (χ3n) is 4.40. The fourth-order valence-electron chi connectivity index (χ4n) is 2.98. The number of hydrogen-bond donors (Lipinski definition) is 2.